The molecule has 43 heavy (non-hydrogen) atoms. The second-order valence-corrected chi connectivity index (χ2v) is 10.3. The average molecular weight is 619 g/mol. The molecule has 0 saturated carbocycles. The Morgan fingerprint density at radius 3 is 2.23 bits per heavy atom. The van der Waals surface area contributed by atoms with Crippen LogP contribution >= 0.6 is 0 Å². The third-order valence-electron chi connectivity index (χ3n) is 7.29. The number of amides is 3. The molecule has 2 heterocycles. The summed E-state index contributed by atoms with van der Waals surface area (Å²) in [6.45, 7) is -0.932. The molecular weight excluding hydrogens is 589 g/mol. The van der Waals surface area contributed by atoms with E-state index in [1.54, 1.807) is 6.07 Å². The normalized spacial score (nSPS) is 19.5. The second kappa shape index (κ2) is 12.8. The van der Waals surface area contributed by atoms with Crippen molar-refractivity contribution in [1.82, 2.24) is 14.7 Å². The predicted molar refractivity (Wildman–Crippen MR) is 137 cm³/mol. The van der Waals surface area contributed by atoms with Crippen LogP contribution in [0.3, 0.4) is 0 Å². The zero-order valence-electron chi connectivity index (χ0n) is 22.8. The van der Waals surface area contributed by atoms with Gasteiger partial charge in [-0.1, -0.05) is 12.1 Å². The van der Waals surface area contributed by atoms with E-state index in [1.807, 2.05) is 0 Å². The number of halogens is 7. The second-order valence-electron chi connectivity index (χ2n) is 10.3. The number of unbranched alkanes of at least 4 members (excludes halogenated alkanes) is 1. The molecule has 2 atom stereocenters. The summed E-state index contributed by atoms with van der Waals surface area (Å²) in [7, 11) is 0. The van der Waals surface area contributed by atoms with Crippen LogP contribution in [0.25, 0.3) is 0 Å². The lowest BCUT2D eigenvalue weighted by Gasteiger charge is -2.52. The van der Waals surface area contributed by atoms with Gasteiger partial charge in [-0.2, -0.15) is 26.3 Å². The first-order valence-corrected chi connectivity index (χ1v) is 13.4. The van der Waals surface area contributed by atoms with Gasteiger partial charge in [0.15, 0.2) is 0 Å². The fourth-order valence-corrected chi connectivity index (χ4v) is 5.28. The first-order valence-electron chi connectivity index (χ1n) is 13.4. The molecule has 3 amide bonds. The van der Waals surface area contributed by atoms with Crippen LogP contribution in [-0.4, -0.2) is 64.4 Å². The number of hydrogen-bond acceptors (Lipinski definition) is 5. The fourth-order valence-electron chi connectivity index (χ4n) is 5.28. The molecule has 4 rings (SSSR count). The lowest BCUT2D eigenvalue weighted by atomic mass is 9.98. The van der Waals surface area contributed by atoms with Crippen LogP contribution in [0.4, 0.5) is 35.5 Å². The summed E-state index contributed by atoms with van der Waals surface area (Å²) < 4.78 is 98.6. The molecule has 2 N–H and O–H groups in total. The Hall–Kier alpha value is -3.88. The first-order chi connectivity index (χ1) is 20.2. The minimum Gasteiger partial charge on any atom is -0.444 e. The van der Waals surface area contributed by atoms with E-state index in [9.17, 15) is 45.1 Å². The molecule has 2 aliphatic heterocycles. The molecule has 2 aromatic rings. The summed E-state index contributed by atoms with van der Waals surface area (Å²) in [5.41, 5.74) is 2.40. The van der Waals surface area contributed by atoms with Gasteiger partial charge in [0.25, 0.3) is 0 Å². The number of rotatable bonds is 8. The van der Waals surface area contributed by atoms with Gasteiger partial charge in [0, 0.05) is 19.5 Å². The maximum atomic E-state index is 13.8. The largest absolute Gasteiger partial charge is 0.444 e. The maximum Gasteiger partial charge on any atom is 0.416 e. The van der Waals surface area contributed by atoms with Crippen LogP contribution in [0.2, 0.25) is 0 Å². The summed E-state index contributed by atoms with van der Waals surface area (Å²) in [5, 5.41) is 0. The number of carbonyl (C=O) groups excluding carboxylic acids is 3. The number of fused-ring (bicyclic) bond motifs is 1. The van der Waals surface area contributed by atoms with Crippen molar-refractivity contribution in [2.75, 3.05) is 19.6 Å². The highest BCUT2D eigenvalue weighted by atomic mass is 19.4. The lowest BCUT2D eigenvalue weighted by molar-refractivity contribution is -0.169. The highest BCUT2D eigenvalue weighted by Gasteiger charge is 2.49. The molecule has 2 aliphatic rings. The highest BCUT2D eigenvalue weighted by Crippen LogP contribution is 2.37. The minimum absolute atomic E-state index is 0.0313. The summed E-state index contributed by atoms with van der Waals surface area (Å²) in [4.78, 5) is 43.5. The van der Waals surface area contributed by atoms with E-state index in [-0.39, 0.29) is 38.5 Å². The molecular formula is C28H29F7N4O4. The Morgan fingerprint density at radius 1 is 0.953 bits per heavy atom. The topological polar surface area (TPSA) is 96.2 Å². The van der Waals surface area contributed by atoms with Crippen molar-refractivity contribution in [3.05, 3.63) is 70.5 Å². The molecule has 0 radical (unpaired) electrons. The zero-order chi connectivity index (χ0) is 31.5. The average Bonchev–Trinajstić information content (AvgIpc) is 2.93. The standard InChI is InChI=1S/C28H29F7N4O4/c29-21-5-3-4-17(12-21)14-37-15-23-38(9-7-24(40)39(23)22(25(37)41)6-1-2-8-36)26(42)43-16-18-10-19(27(30,31)32)13-20(11-18)28(33,34)35/h3-5,10-13,22-23H,1-2,6-9,14-16,36H2/t22-,23?/m0/s1. The Bertz CT molecular complexity index is 1320. The van der Waals surface area contributed by atoms with E-state index in [0.29, 0.717) is 37.1 Å². The number of hydrogen-bond donors (Lipinski definition) is 1. The van der Waals surface area contributed by atoms with E-state index in [2.05, 4.69) is 0 Å². The number of piperazine rings is 1. The van der Waals surface area contributed by atoms with Gasteiger partial charge in [-0.15, -0.1) is 0 Å². The molecule has 2 saturated heterocycles. The van der Waals surface area contributed by atoms with Gasteiger partial charge in [0.2, 0.25) is 11.8 Å². The minimum atomic E-state index is -5.08. The summed E-state index contributed by atoms with van der Waals surface area (Å²) in [5.74, 6) is -1.34. The van der Waals surface area contributed by atoms with Gasteiger partial charge in [-0.25, -0.2) is 9.18 Å². The molecule has 2 aromatic carbocycles. The Balaban J connectivity index is 1.58. The number of alkyl halides is 6. The predicted octanol–water partition coefficient (Wildman–Crippen LogP) is 4.90. The van der Waals surface area contributed by atoms with Gasteiger partial charge in [0.1, 0.15) is 24.6 Å². The molecule has 1 unspecified atom stereocenters. The molecule has 2 fully saturated rings. The van der Waals surface area contributed by atoms with Crippen molar-refractivity contribution in [2.45, 2.75) is 63.4 Å². The molecule has 234 valence electrons. The van der Waals surface area contributed by atoms with E-state index in [1.165, 1.54) is 28.0 Å². The van der Waals surface area contributed by atoms with Crippen molar-refractivity contribution in [3.63, 3.8) is 0 Å². The number of benzene rings is 2. The van der Waals surface area contributed by atoms with Gasteiger partial charge < -0.3 is 20.3 Å². The van der Waals surface area contributed by atoms with Crippen molar-refractivity contribution < 1.29 is 49.9 Å². The summed E-state index contributed by atoms with van der Waals surface area (Å²) in [6.07, 6.45) is -11.2. The lowest BCUT2D eigenvalue weighted by Crippen LogP contribution is -2.71. The van der Waals surface area contributed by atoms with Crippen molar-refractivity contribution in [1.29, 1.82) is 0 Å². The quantitative estimate of drug-likeness (QED) is 0.336. The maximum absolute atomic E-state index is 13.8. The van der Waals surface area contributed by atoms with Crippen molar-refractivity contribution in [2.24, 2.45) is 5.73 Å². The number of ether oxygens (including phenoxy) is 1. The van der Waals surface area contributed by atoms with Crippen LogP contribution in [0, 0.1) is 5.82 Å². The first kappa shape index (κ1) is 32.0. The molecule has 0 aliphatic carbocycles. The number of nitrogens with zero attached hydrogens (tertiary/aromatic N) is 3. The third kappa shape index (κ3) is 7.56. The van der Waals surface area contributed by atoms with Gasteiger partial charge in [-0.05, 0) is 67.3 Å². The molecule has 15 heteroatoms. The van der Waals surface area contributed by atoms with E-state index >= 15 is 0 Å². The number of nitrogens with two attached hydrogens (primary N) is 1. The highest BCUT2D eigenvalue weighted by molar-refractivity contribution is 5.90. The van der Waals surface area contributed by atoms with E-state index in [4.69, 9.17) is 10.5 Å². The number of carbonyl (C=O) groups is 3. The molecule has 8 nitrogen and oxygen atoms in total. The molecule has 0 aromatic heterocycles. The Morgan fingerprint density at radius 2 is 1.63 bits per heavy atom. The van der Waals surface area contributed by atoms with Crippen LogP contribution in [-0.2, 0) is 39.8 Å². The Kier molecular flexibility index (Phi) is 9.52. The van der Waals surface area contributed by atoms with Crippen LogP contribution in [0.5, 0.6) is 0 Å². The SMILES string of the molecule is NCCCC[C@H]1C(=O)N(Cc2cccc(F)c2)CC2N(C(=O)OCc3cc(C(F)(F)F)cc(C(F)(F)F)c3)CCC(=O)N21. The van der Waals surface area contributed by atoms with Crippen LogP contribution in [0.1, 0.15) is 47.9 Å². The smallest absolute Gasteiger partial charge is 0.416 e. The monoisotopic (exact) mass is 618 g/mol. The summed E-state index contributed by atoms with van der Waals surface area (Å²) >= 11 is 0. The van der Waals surface area contributed by atoms with Crippen molar-refractivity contribution in [3.8, 4) is 0 Å². The van der Waals surface area contributed by atoms with Crippen LogP contribution < -0.4 is 5.73 Å². The molecule has 0 bridgehead atoms. The zero-order valence-corrected chi connectivity index (χ0v) is 22.8. The van der Waals surface area contributed by atoms with Gasteiger partial charge >= 0.3 is 18.4 Å². The van der Waals surface area contributed by atoms with Crippen molar-refractivity contribution >= 4 is 17.9 Å². The fraction of sp³-hybridized carbons (Fsp3) is 0.464. The van der Waals surface area contributed by atoms with Gasteiger partial charge in [-0.3, -0.25) is 14.5 Å². The van der Waals surface area contributed by atoms with E-state index < -0.39 is 71.6 Å². The van der Waals surface area contributed by atoms with Crippen LogP contribution in [0.15, 0.2) is 42.5 Å². The third-order valence-corrected chi connectivity index (χ3v) is 7.29. The summed E-state index contributed by atoms with van der Waals surface area (Å²) in [6, 6.07) is 5.47. The Labute approximate surface area is 242 Å². The van der Waals surface area contributed by atoms with Gasteiger partial charge in [0.05, 0.1) is 17.7 Å². The molecule has 0 spiro atoms. The van der Waals surface area contributed by atoms with E-state index in [0.717, 1.165) is 4.90 Å².